The van der Waals surface area contributed by atoms with Crippen molar-refractivity contribution >= 4 is 38.8 Å². The molecule has 3 aromatic heterocycles. The molecule has 7 heteroatoms. The lowest BCUT2D eigenvalue weighted by atomic mass is 10.2. The zero-order valence-electron chi connectivity index (χ0n) is 12.7. The number of hydrogen-bond acceptors (Lipinski definition) is 6. The summed E-state index contributed by atoms with van der Waals surface area (Å²) in [6.07, 6.45) is 4.32. The predicted molar refractivity (Wildman–Crippen MR) is 93.8 cm³/mol. The third-order valence-corrected chi connectivity index (χ3v) is 4.80. The van der Waals surface area contributed by atoms with Crippen LogP contribution in [0.3, 0.4) is 0 Å². The Hall–Kier alpha value is -2.67. The van der Waals surface area contributed by atoms with Gasteiger partial charge in [-0.2, -0.15) is 0 Å². The number of anilines is 2. The monoisotopic (exact) mass is 327 g/mol. The molecule has 0 saturated heterocycles. The van der Waals surface area contributed by atoms with Crippen molar-refractivity contribution < 1.29 is 4.79 Å². The molecule has 0 bridgehead atoms. The first-order chi connectivity index (χ1) is 11.1. The Morgan fingerprint density at radius 2 is 2.09 bits per heavy atom. The van der Waals surface area contributed by atoms with Gasteiger partial charge in [-0.25, -0.2) is 4.98 Å². The lowest BCUT2D eigenvalue weighted by Crippen LogP contribution is -2.21. The topological polar surface area (TPSA) is 98.1 Å². The van der Waals surface area contributed by atoms with Crippen LogP contribution in [0.15, 0.2) is 36.7 Å². The third kappa shape index (κ3) is 2.95. The Morgan fingerprint density at radius 3 is 2.78 bits per heavy atom. The molecular formula is C16H17N5OS. The molecule has 0 spiro atoms. The van der Waals surface area contributed by atoms with Gasteiger partial charge in [-0.3, -0.25) is 9.78 Å². The van der Waals surface area contributed by atoms with E-state index in [1.807, 2.05) is 31.3 Å². The molecule has 0 atom stereocenters. The summed E-state index contributed by atoms with van der Waals surface area (Å²) in [5.74, 6) is -0.521. The van der Waals surface area contributed by atoms with Crippen LogP contribution < -0.4 is 16.4 Å². The Bertz CT molecular complexity index is 846. The number of nitrogens with two attached hydrogens (primary N) is 2. The van der Waals surface area contributed by atoms with E-state index in [4.69, 9.17) is 11.5 Å². The first-order valence-corrected chi connectivity index (χ1v) is 7.97. The average Bonchev–Trinajstić information content (AvgIpc) is 2.91. The minimum absolute atomic E-state index is 0.359. The van der Waals surface area contributed by atoms with Crippen molar-refractivity contribution in [2.75, 3.05) is 24.2 Å². The highest BCUT2D eigenvalue weighted by molar-refractivity contribution is 7.21. The summed E-state index contributed by atoms with van der Waals surface area (Å²) in [7, 11) is 1.98. The number of amides is 1. The third-order valence-electron chi connectivity index (χ3n) is 3.67. The van der Waals surface area contributed by atoms with Gasteiger partial charge in [-0.1, -0.05) is 6.07 Å². The van der Waals surface area contributed by atoms with E-state index in [9.17, 15) is 4.79 Å². The van der Waals surface area contributed by atoms with Crippen LogP contribution in [0.2, 0.25) is 0 Å². The summed E-state index contributed by atoms with van der Waals surface area (Å²) in [6, 6.07) is 7.77. The van der Waals surface area contributed by atoms with Gasteiger partial charge in [-0.15, -0.1) is 11.3 Å². The molecule has 6 nitrogen and oxygen atoms in total. The number of carbonyl (C=O) groups is 1. The fraction of sp³-hybridized carbons (Fsp3) is 0.188. The predicted octanol–water partition coefficient (Wildman–Crippen LogP) is 2.05. The van der Waals surface area contributed by atoms with E-state index in [1.54, 1.807) is 12.4 Å². The summed E-state index contributed by atoms with van der Waals surface area (Å²) in [5, 5.41) is 0.787. The number of aromatic nitrogens is 2. The van der Waals surface area contributed by atoms with E-state index in [2.05, 4.69) is 14.9 Å². The normalized spacial score (nSPS) is 10.8. The van der Waals surface area contributed by atoms with Crippen molar-refractivity contribution in [3.63, 3.8) is 0 Å². The molecule has 3 aromatic rings. The molecular weight excluding hydrogens is 310 g/mol. The number of likely N-dealkylation sites (N-methyl/N-ethyl adjacent to an activating group) is 1. The highest BCUT2D eigenvalue weighted by Crippen LogP contribution is 2.37. The average molecular weight is 327 g/mol. The van der Waals surface area contributed by atoms with Gasteiger partial charge in [0.25, 0.3) is 5.91 Å². The molecule has 3 heterocycles. The lowest BCUT2D eigenvalue weighted by molar-refractivity contribution is 0.100. The lowest BCUT2D eigenvalue weighted by Gasteiger charge is -2.20. The number of nitrogens with zero attached hydrogens (tertiary/aromatic N) is 3. The van der Waals surface area contributed by atoms with Gasteiger partial charge in [0.05, 0.1) is 16.8 Å². The quantitative estimate of drug-likeness (QED) is 0.747. The molecule has 0 aliphatic carbocycles. The minimum Gasteiger partial charge on any atom is -0.397 e. The van der Waals surface area contributed by atoms with E-state index in [-0.39, 0.29) is 0 Å². The van der Waals surface area contributed by atoms with E-state index in [0.29, 0.717) is 10.6 Å². The number of thiophene rings is 1. The number of nitrogen functional groups attached to an aromatic ring is 1. The van der Waals surface area contributed by atoms with Gasteiger partial charge >= 0.3 is 0 Å². The number of rotatable bonds is 5. The summed E-state index contributed by atoms with van der Waals surface area (Å²) in [5.41, 5.74) is 13.9. The molecule has 3 rings (SSSR count). The molecule has 4 N–H and O–H groups in total. The molecule has 0 fully saturated rings. The van der Waals surface area contributed by atoms with Crippen molar-refractivity contribution in [2.24, 2.45) is 5.73 Å². The standard InChI is InChI=1S/C16H17N5OS/c1-21(9-6-10-4-2-3-7-19-10)11-5-8-20-16-12(11)13(17)14(23-16)15(18)22/h2-5,7-8H,6,9,17H2,1H3,(H2,18,22). The summed E-state index contributed by atoms with van der Waals surface area (Å²) >= 11 is 1.23. The number of hydrogen-bond donors (Lipinski definition) is 2. The van der Waals surface area contributed by atoms with Crippen LogP contribution in [0.1, 0.15) is 15.4 Å². The number of fused-ring (bicyclic) bond motifs is 1. The van der Waals surface area contributed by atoms with Crippen LogP contribution in [0.25, 0.3) is 10.2 Å². The summed E-state index contributed by atoms with van der Waals surface area (Å²) in [6.45, 7) is 0.775. The largest absolute Gasteiger partial charge is 0.397 e. The Morgan fingerprint density at radius 1 is 1.26 bits per heavy atom. The Labute approximate surface area is 137 Å². The second-order valence-corrected chi connectivity index (χ2v) is 6.21. The van der Waals surface area contributed by atoms with Crippen molar-refractivity contribution in [3.05, 3.63) is 47.2 Å². The Balaban J connectivity index is 1.91. The molecule has 0 saturated carbocycles. The fourth-order valence-corrected chi connectivity index (χ4v) is 3.41. The van der Waals surface area contributed by atoms with Crippen LogP contribution >= 0.6 is 11.3 Å². The fourth-order valence-electron chi connectivity index (χ4n) is 2.48. The molecule has 0 unspecified atom stereocenters. The maximum atomic E-state index is 11.5. The van der Waals surface area contributed by atoms with Gasteiger partial charge in [0.15, 0.2) is 0 Å². The van der Waals surface area contributed by atoms with Crippen molar-refractivity contribution in [1.29, 1.82) is 0 Å². The highest BCUT2D eigenvalue weighted by atomic mass is 32.1. The minimum atomic E-state index is -0.521. The van der Waals surface area contributed by atoms with E-state index >= 15 is 0 Å². The van der Waals surface area contributed by atoms with Gasteiger partial charge < -0.3 is 16.4 Å². The molecule has 118 valence electrons. The maximum absolute atomic E-state index is 11.5. The first kappa shape index (κ1) is 15.2. The first-order valence-electron chi connectivity index (χ1n) is 7.15. The van der Waals surface area contributed by atoms with Crippen molar-refractivity contribution in [1.82, 2.24) is 9.97 Å². The second-order valence-electron chi connectivity index (χ2n) is 5.21. The molecule has 0 aromatic carbocycles. The molecule has 0 radical (unpaired) electrons. The van der Waals surface area contributed by atoms with Crippen LogP contribution in [0, 0.1) is 0 Å². The van der Waals surface area contributed by atoms with E-state index < -0.39 is 5.91 Å². The smallest absolute Gasteiger partial charge is 0.260 e. The zero-order valence-corrected chi connectivity index (χ0v) is 13.5. The van der Waals surface area contributed by atoms with Gasteiger partial charge in [0, 0.05) is 38.1 Å². The van der Waals surface area contributed by atoms with Crippen LogP contribution in [0.5, 0.6) is 0 Å². The molecule has 1 amide bonds. The zero-order chi connectivity index (χ0) is 16.4. The Kier molecular flexibility index (Phi) is 4.12. The molecule has 0 aliphatic heterocycles. The van der Waals surface area contributed by atoms with Crippen LogP contribution in [-0.4, -0.2) is 29.5 Å². The van der Waals surface area contributed by atoms with Gasteiger partial charge in [0.2, 0.25) is 0 Å². The highest BCUT2D eigenvalue weighted by Gasteiger charge is 2.19. The summed E-state index contributed by atoms with van der Waals surface area (Å²) < 4.78 is 0. The maximum Gasteiger partial charge on any atom is 0.260 e. The van der Waals surface area contributed by atoms with Crippen molar-refractivity contribution in [2.45, 2.75) is 6.42 Å². The summed E-state index contributed by atoms with van der Waals surface area (Å²) in [4.78, 5) is 23.3. The van der Waals surface area contributed by atoms with Crippen LogP contribution in [0.4, 0.5) is 11.4 Å². The van der Waals surface area contributed by atoms with Crippen molar-refractivity contribution in [3.8, 4) is 0 Å². The van der Waals surface area contributed by atoms with Gasteiger partial charge in [-0.05, 0) is 18.2 Å². The number of primary amides is 1. The van der Waals surface area contributed by atoms with Gasteiger partial charge in [0.1, 0.15) is 9.71 Å². The molecule has 0 aliphatic rings. The van der Waals surface area contributed by atoms with E-state index in [1.165, 1.54) is 11.3 Å². The number of pyridine rings is 2. The van der Waals surface area contributed by atoms with Crippen LogP contribution in [-0.2, 0) is 6.42 Å². The SMILES string of the molecule is CN(CCc1ccccn1)c1ccnc2sc(C(N)=O)c(N)c12. The molecule has 23 heavy (non-hydrogen) atoms. The number of carbonyl (C=O) groups excluding carboxylic acids is 1. The second kappa shape index (κ2) is 6.21. The van der Waals surface area contributed by atoms with E-state index in [0.717, 1.165) is 34.6 Å².